The Hall–Kier alpha value is -2.10. The molecule has 0 unspecified atom stereocenters. The lowest BCUT2D eigenvalue weighted by molar-refractivity contribution is 0.411. The summed E-state index contributed by atoms with van der Waals surface area (Å²) >= 11 is 0. The third kappa shape index (κ3) is 2.20. The first-order valence-corrected chi connectivity index (χ1v) is 5.15. The van der Waals surface area contributed by atoms with E-state index in [-0.39, 0.29) is 11.4 Å². The summed E-state index contributed by atoms with van der Waals surface area (Å²) in [5, 5.41) is 0. The van der Waals surface area contributed by atoms with E-state index < -0.39 is 0 Å². The molecule has 0 aliphatic rings. The van der Waals surface area contributed by atoms with E-state index in [0.29, 0.717) is 22.4 Å². The minimum atomic E-state index is -0.379. The molecule has 0 aliphatic carbocycles. The van der Waals surface area contributed by atoms with E-state index >= 15 is 0 Å². The zero-order valence-corrected chi connectivity index (χ0v) is 9.58. The van der Waals surface area contributed by atoms with Crippen LogP contribution in [0.5, 0.6) is 5.75 Å². The van der Waals surface area contributed by atoms with Crippen molar-refractivity contribution >= 4 is 0 Å². The molecule has 1 heterocycles. The van der Waals surface area contributed by atoms with Crippen LogP contribution in [0, 0.1) is 12.7 Å². The smallest absolute Gasteiger partial charge is 0.250 e. The van der Waals surface area contributed by atoms with Crippen LogP contribution >= 0.6 is 0 Å². The van der Waals surface area contributed by atoms with E-state index in [1.54, 1.807) is 25.1 Å². The van der Waals surface area contributed by atoms with Gasteiger partial charge in [0.25, 0.3) is 5.56 Å². The van der Waals surface area contributed by atoms with Crippen LogP contribution in [-0.2, 0) is 0 Å². The zero-order chi connectivity index (χ0) is 12.4. The number of ether oxygens (including phenoxy) is 1. The van der Waals surface area contributed by atoms with E-state index in [2.05, 4.69) is 4.98 Å². The van der Waals surface area contributed by atoms with Crippen LogP contribution in [0.25, 0.3) is 11.1 Å². The van der Waals surface area contributed by atoms with Gasteiger partial charge in [0.05, 0.1) is 7.11 Å². The summed E-state index contributed by atoms with van der Waals surface area (Å²) in [6.45, 7) is 1.68. The van der Waals surface area contributed by atoms with Gasteiger partial charge in [-0.25, -0.2) is 4.39 Å². The van der Waals surface area contributed by atoms with Gasteiger partial charge in [-0.1, -0.05) is 0 Å². The third-order valence-corrected chi connectivity index (χ3v) is 2.58. The Morgan fingerprint density at radius 1 is 1.29 bits per heavy atom. The third-order valence-electron chi connectivity index (χ3n) is 2.58. The second-order valence-corrected chi connectivity index (χ2v) is 3.75. The molecule has 0 aliphatic heterocycles. The fourth-order valence-electron chi connectivity index (χ4n) is 1.61. The Bertz CT molecular complexity index is 605. The van der Waals surface area contributed by atoms with E-state index in [0.717, 1.165) is 0 Å². The number of aromatic nitrogens is 1. The molecule has 2 aromatic rings. The molecule has 0 fully saturated rings. The molecule has 4 heteroatoms. The highest BCUT2D eigenvalue weighted by atomic mass is 19.1. The molecule has 0 spiro atoms. The number of pyridine rings is 1. The minimum absolute atomic E-state index is 0.164. The van der Waals surface area contributed by atoms with Gasteiger partial charge in [0, 0.05) is 29.0 Å². The molecule has 0 amide bonds. The second-order valence-electron chi connectivity index (χ2n) is 3.75. The largest absolute Gasteiger partial charge is 0.497 e. The highest BCUT2D eigenvalue weighted by Gasteiger charge is 2.07. The van der Waals surface area contributed by atoms with Crippen LogP contribution in [0.2, 0.25) is 0 Å². The van der Waals surface area contributed by atoms with Gasteiger partial charge in [-0.3, -0.25) is 4.79 Å². The van der Waals surface area contributed by atoms with Crippen LogP contribution in [0.4, 0.5) is 4.39 Å². The van der Waals surface area contributed by atoms with Crippen molar-refractivity contribution in [3.63, 3.8) is 0 Å². The molecule has 88 valence electrons. The number of halogens is 1. The molecular formula is C13H12FNO2. The first kappa shape index (κ1) is 11.4. The number of aryl methyl sites for hydroxylation is 1. The summed E-state index contributed by atoms with van der Waals surface area (Å²) in [5.41, 5.74) is 1.47. The molecule has 1 aromatic carbocycles. The summed E-state index contributed by atoms with van der Waals surface area (Å²) < 4.78 is 18.7. The van der Waals surface area contributed by atoms with Crippen molar-refractivity contribution in [1.29, 1.82) is 0 Å². The number of H-pyrrole nitrogens is 1. The maximum Gasteiger partial charge on any atom is 0.250 e. The molecule has 0 radical (unpaired) electrons. The number of hydrogen-bond acceptors (Lipinski definition) is 2. The van der Waals surface area contributed by atoms with Gasteiger partial charge in [-0.2, -0.15) is 0 Å². The van der Waals surface area contributed by atoms with E-state index in [1.807, 2.05) is 0 Å². The Morgan fingerprint density at radius 3 is 2.65 bits per heavy atom. The summed E-state index contributed by atoms with van der Waals surface area (Å²) in [7, 11) is 1.48. The normalized spacial score (nSPS) is 10.3. The summed E-state index contributed by atoms with van der Waals surface area (Å²) in [4.78, 5) is 13.8. The van der Waals surface area contributed by atoms with Crippen molar-refractivity contribution in [3.8, 4) is 16.9 Å². The Morgan fingerprint density at radius 2 is 2.06 bits per heavy atom. The van der Waals surface area contributed by atoms with Crippen LogP contribution < -0.4 is 10.3 Å². The summed E-state index contributed by atoms with van der Waals surface area (Å²) in [6, 6.07) is 6.28. The summed E-state index contributed by atoms with van der Waals surface area (Å²) in [5.74, 6) is 0.0863. The van der Waals surface area contributed by atoms with Crippen LogP contribution in [0.3, 0.4) is 0 Å². The van der Waals surface area contributed by atoms with Crippen LogP contribution in [0.15, 0.2) is 35.3 Å². The first-order valence-electron chi connectivity index (χ1n) is 5.15. The van der Waals surface area contributed by atoms with Gasteiger partial charge < -0.3 is 9.72 Å². The molecular weight excluding hydrogens is 221 g/mol. The number of rotatable bonds is 2. The average molecular weight is 233 g/mol. The molecule has 17 heavy (non-hydrogen) atoms. The molecule has 0 saturated heterocycles. The monoisotopic (exact) mass is 233 g/mol. The standard InChI is InChI=1S/C13H12FNO2/c1-8-5-9(7-15-13(8)16)11-4-3-10(17-2)6-12(11)14/h3-7H,1-2H3,(H,15,16). The molecule has 1 N–H and O–H groups in total. The SMILES string of the molecule is COc1ccc(-c2c[nH]c(=O)c(C)c2)c(F)c1. The molecule has 1 aromatic heterocycles. The topological polar surface area (TPSA) is 42.1 Å². The van der Waals surface area contributed by atoms with Gasteiger partial charge >= 0.3 is 0 Å². The van der Waals surface area contributed by atoms with Crippen molar-refractivity contribution in [3.05, 3.63) is 52.2 Å². The second kappa shape index (κ2) is 4.41. The quantitative estimate of drug-likeness (QED) is 0.865. The lowest BCUT2D eigenvalue weighted by Crippen LogP contribution is -2.08. The van der Waals surface area contributed by atoms with Gasteiger partial charge in [0.1, 0.15) is 11.6 Å². The Balaban J connectivity index is 2.53. The van der Waals surface area contributed by atoms with Crippen molar-refractivity contribution < 1.29 is 9.13 Å². The minimum Gasteiger partial charge on any atom is -0.497 e. The number of benzene rings is 1. The number of nitrogens with one attached hydrogen (secondary N) is 1. The maximum absolute atomic E-state index is 13.8. The highest BCUT2D eigenvalue weighted by molar-refractivity contribution is 5.64. The lowest BCUT2D eigenvalue weighted by atomic mass is 10.1. The van der Waals surface area contributed by atoms with Crippen molar-refractivity contribution in [1.82, 2.24) is 4.98 Å². The Labute approximate surface area is 97.9 Å². The van der Waals surface area contributed by atoms with Gasteiger partial charge in [-0.15, -0.1) is 0 Å². The average Bonchev–Trinajstić information content (AvgIpc) is 2.32. The van der Waals surface area contributed by atoms with Crippen molar-refractivity contribution in [2.45, 2.75) is 6.92 Å². The zero-order valence-electron chi connectivity index (χ0n) is 9.58. The van der Waals surface area contributed by atoms with Crippen LogP contribution in [0.1, 0.15) is 5.56 Å². The van der Waals surface area contributed by atoms with Crippen LogP contribution in [-0.4, -0.2) is 12.1 Å². The molecule has 2 rings (SSSR count). The predicted molar refractivity (Wildman–Crippen MR) is 63.7 cm³/mol. The predicted octanol–water partition coefficient (Wildman–Crippen LogP) is 2.50. The van der Waals surface area contributed by atoms with Crippen molar-refractivity contribution in [2.24, 2.45) is 0 Å². The number of hydrogen-bond donors (Lipinski definition) is 1. The molecule has 0 bridgehead atoms. The van der Waals surface area contributed by atoms with E-state index in [9.17, 15) is 9.18 Å². The summed E-state index contributed by atoms with van der Waals surface area (Å²) in [6.07, 6.45) is 1.50. The molecule has 0 saturated carbocycles. The first-order chi connectivity index (χ1) is 8.11. The van der Waals surface area contributed by atoms with E-state index in [4.69, 9.17) is 4.74 Å². The fourth-order valence-corrected chi connectivity index (χ4v) is 1.61. The highest BCUT2D eigenvalue weighted by Crippen LogP contribution is 2.25. The van der Waals surface area contributed by atoms with Gasteiger partial charge in [-0.05, 0) is 25.1 Å². The van der Waals surface area contributed by atoms with E-state index in [1.165, 1.54) is 19.4 Å². The molecule has 3 nitrogen and oxygen atoms in total. The Kier molecular flexibility index (Phi) is 2.95. The fraction of sp³-hybridized carbons (Fsp3) is 0.154. The lowest BCUT2D eigenvalue weighted by Gasteiger charge is -2.06. The maximum atomic E-state index is 13.8. The van der Waals surface area contributed by atoms with Crippen molar-refractivity contribution in [2.75, 3.05) is 7.11 Å². The number of methoxy groups -OCH3 is 1. The van der Waals surface area contributed by atoms with Gasteiger partial charge in [0.2, 0.25) is 0 Å². The molecule has 0 atom stereocenters. The van der Waals surface area contributed by atoms with Gasteiger partial charge in [0.15, 0.2) is 0 Å². The number of aromatic amines is 1.